The molecule has 0 aromatic heterocycles. The number of ether oxygens (including phenoxy) is 2. The van der Waals surface area contributed by atoms with Crippen LogP contribution in [0, 0.1) is 11.8 Å². The molecular formula is C13H18O3. The van der Waals surface area contributed by atoms with Gasteiger partial charge in [0.05, 0.1) is 13.7 Å². The van der Waals surface area contributed by atoms with Gasteiger partial charge in [-0.3, -0.25) is 0 Å². The number of benzene rings is 1. The lowest BCUT2D eigenvalue weighted by Gasteiger charge is -2.14. The van der Waals surface area contributed by atoms with Crippen LogP contribution < -0.4 is 9.47 Å². The summed E-state index contributed by atoms with van der Waals surface area (Å²) in [5, 5.41) is 9.20. The summed E-state index contributed by atoms with van der Waals surface area (Å²) in [5.74, 6) is 2.62. The molecule has 1 aromatic carbocycles. The Kier molecular flexibility index (Phi) is 3.67. The summed E-state index contributed by atoms with van der Waals surface area (Å²) in [6.07, 6.45) is 2.47. The van der Waals surface area contributed by atoms with Crippen LogP contribution in [0.4, 0.5) is 0 Å². The molecule has 1 N–H and O–H groups in total. The largest absolute Gasteiger partial charge is 0.497 e. The predicted octanol–water partition coefficient (Wildman–Crippen LogP) is 2.09. The molecular weight excluding hydrogens is 204 g/mol. The van der Waals surface area contributed by atoms with Gasteiger partial charge in [-0.1, -0.05) is 0 Å². The quantitative estimate of drug-likeness (QED) is 0.801. The van der Waals surface area contributed by atoms with Crippen LogP contribution in [-0.2, 0) is 0 Å². The number of hydrogen-bond acceptors (Lipinski definition) is 3. The second-order valence-corrected chi connectivity index (χ2v) is 4.27. The Morgan fingerprint density at radius 2 is 1.88 bits per heavy atom. The lowest BCUT2D eigenvalue weighted by molar-refractivity contribution is 0.147. The van der Waals surface area contributed by atoms with Crippen molar-refractivity contribution in [2.45, 2.75) is 12.8 Å². The Balaban J connectivity index is 1.83. The normalized spacial score (nSPS) is 16.9. The third kappa shape index (κ3) is 2.89. The summed E-state index contributed by atoms with van der Waals surface area (Å²) in [5.41, 5.74) is 0. The number of aliphatic hydroxyl groups excluding tert-OH is 1. The van der Waals surface area contributed by atoms with Crippen LogP contribution in [0.2, 0.25) is 0 Å². The van der Waals surface area contributed by atoms with Crippen LogP contribution >= 0.6 is 0 Å². The Bertz CT molecular complexity index is 316. The lowest BCUT2D eigenvalue weighted by atomic mass is 10.1. The maximum atomic E-state index is 9.20. The third-order valence-electron chi connectivity index (χ3n) is 3.05. The topological polar surface area (TPSA) is 38.7 Å². The van der Waals surface area contributed by atoms with Gasteiger partial charge in [-0.15, -0.1) is 0 Å². The molecule has 1 unspecified atom stereocenters. The zero-order valence-electron chi connectivity index (χ0n) is 9.56. The van der Waals surface area contributed by atoms with Gasteiger partial charge < -0.3 is 14.6 Å². The van der Waals surface area contributed by atoms with Crippen molar-refractivity contribution < 1.29 is 14.6 Å². The molecule has 3 nitrogen and oxygen atoms in total. The minimum atomic E-state index is 0.223. The van der Waals surface area contributed by atoms with Crippen LogP contribution in [0.15, 0.2) is 24.3 Å². The minimum Gasteiger partial charge on any atom is -0.497 e. The van der Waals surface area contributed by atoms with E-state index in [1.54, 1.807) is 7.11 Å². The maximum Gasteiger partial charge on any atom is 0.119 e. The van der Waals surface area contributed by atoms with Crippen LogP contribution in [0.25, 0.3) is 0 Å². The molecule has 2 rings (SSSR count). The lowest BCUT2D eigenvalue weighted by Crippen LogP contribution is -2.17. The molecule has 16 heavy (non-hydrogen) atoms. The molecule has 0 amide bonds. The number of aliphatic hydroxyl groups is 1. The zero-order valence-corrected chi connectivity index (χ0v) is 9.56. The molecule has 1 fully saturated rings. The van der Waals surface area contributed by atoms with Crippen molar-refractivity contribution in [1.82, 2.24) is 0 Å². The van der Waals surface area contributed by atoms with Crippen LogP contribution in [0.5, 0.6) is 11.5 Å². The molecule has 1 aromatic rings. The van der Waals surface area contributed by atoms with E-state index in [9.17, 15) is 5.11 Å². The van der Waals surface area contributed by atoms with Crippen molar-refractivity contribution in [3.63, 3.8) is 0 Å². The molecule has 0 heterocycles. The van der Waals surface area contributed by atoms with Crippen LogP contribution in [-0.4, -0.2) is 25.4 Å². The van der Waals surface area contributed by atoms with E-state index in [0.717, 1.165) is 11.5 Å². The van der Waals surface area contributed by atoms with Gasteiger partial charge in [0.25, 0.3) is 0 Å². The highest BCUT2D eigenvalue weighted by molar-refractivity contribution is 5.31. The van der Waals surface area contributed by atoms with E-state index in [1.165, 1.54) is 12.8 Å². The van der Waals surface area contributed by atoms with E-state index in [2.05, 4.69) is 0 Å². The SMILES string of the molecule is COc1ccc(OCC(CO)C2CC2)cc1. The van der Waals surface area contributed by atoms with Gasteiger partial charge in [-0.25, -0.2) is 0 Å². The van der Waals surface area contributed by atoms with Gasteiger partial charge in [-0.2, -0.15) is 0 Å². The van der Waals surface area contributed by atoms with E-state index in [1.807, 2.05) is 24.3 Å². The smallest absolute Gasteiger partial charge is 0.119 e. The fourth-order valence-corrected chi connectivity index (χ4v) is 1.78. The van der Waals surface area contributed by atoms with Crippen LogP contribution in [0.3, 0.4) is 0 Å². The molecule has 0 bridgehead atoms. The second-order valence-electron chi connectivity index (χ2n) is 4.27. The molecule has 88 valence electrons. The van der Waals surface area contributed by atoms with Crippen molar-refractivity contribution in [2.75, 3.05) is 20.3 Å². The molecule has 0 spiro atoms. The van der Waals surface area contributed by atoms with Crippen molar-refractivity contribution in [1.29, 1.82) is 0 Å². The minimum absolute atomic E-state index is 0.223. The molecule has 1 atom stereocenters. The molecule has 3 heteroatoms. The Labute approximate surface area is 96.0 Å². The van der Waals surface area contributed by atoms with Crippen molar-refractivity contribution in [3.05, 3.63) is 24.3 Å². The molecule has 1 aliphatic rings. The fraction of sp³-hybridized carbons (Fsp3) is 0.538. The van der Waals surface area contributed by atoms with E-state index in [4.69, 9.17) is 9.47 Å². The molecule has 0 radical (unpaired) electrons. The first-order chi connectivity index (χ1) is 7.83. The van der Waals surface area contributed by atoms with Crippen LogP contribution in [0.1, 0.15) is 12.8 Å². The number of rotatable bonds is 6. The van der Waals surface area contributed by atoms with E-state index in [0.29, 0.717) is 18.4 Å². The molecule has 1 saturated carbocycles. The molecule has 0 aliphatic heterocycles. The first kappa shape index (κ1) is 11.3. The van der Waals surface area contributed by atoms with Crippen molar-refractivity contribution >= 4 is 0 Å². The average Bonchev–Trinajstić information content (AvgIpc) is 3.15. The average molecular weight is 222 g/mol. The Hall–Kier alpha value is -1.22. The van der Waals surface area contributed by atoms with Gasteiger partial charge in [0.1, 0.15) is 11.5 Å². The number of methoxy groups -OCH3 is 1. The van der Waals surface area contributed by atoms with Gasteiger partial charge in [0.15, 0.2) is 0 Å². The predicted molar refractivity (Wildman–Crippen MR) is 61.8 cm³/mol. The summed E-state index contributed by atoms with van der Waals surface area (Å²) in [4.78, 5) is 0. The maximum absolute atomic E-state index is 9.20. The van der Waals surface area contributed by atoms with E-state index in [-0.39, 0.29) is 6.61 Å². The number of hydrogen-bond donors (Lipinski definition) is 1. The highest BCUT2D eigenvalue weighted by Crippen LogP contribution is 2.36. The monoisotopic (exact) mass is 222 g/mol. The summed E-state index contributed by atoms with van der Waals surface area (Å²) in [6.45, 7) is 0.828. The van der Waals surface area contributed by atoms with E-state index >= 15 is 0 Å². The molecule has 0 saturated heterocycles. The zero-order chi connectivity index (χ0) is 11.4. The summed E-state index contributed by atoms with van der Waals surface area (Å²) < 4.78 is 10.7. The van der Waals surface area contributed by atoms with Gasteiger partial charge in [0.2, 0.25) is 0 Å². The van der Waals surface area contributed by atoms with Gasteiger partial charge >= 0.3 is 0 Å². The Morgan fingerprint density at radius 1 is 1.25 bits per heavy atom. The standard InChI is InChI=1S/C13H18O3/c1-15-12-4-6-13(7-5-12)16-9-11(8-14)10-2-3-10/h4-7,10-11,14H,2-3,8-9H2,1H3. The molecule has 1 aliphatic carbocycles. The fourth-order valence-electron chi connectivity index (χ4n) is 1.78. The van der Waals surface area contributed by atoms with Crippen molar-refractivity contribution in [3.8, 4) is 11.5 Å². The first-order valence-electron chi connectivity index (χ1n) is 5.71. The van der Waals surface area contributed by atoms with E-state index < -0.39 is 0 Å². The summed E-state index contributed by atoms with van der Waals surface area (Å²) >= 11 is 0. The summed E-state index contributed by atoms with van der Waals surface area (Å²) in [6, 6.07) is 7.53. The van der Waals surface area contributed by atoms with Crippen molar-refractivity contribution in [2.24, 2.45) is 11.8 Å². The summed E-state index contributed by atoms with van der Waals surface area (Å²) in [7, 11) is 1.64. The second kappa shape index (κ2) is 5.21. The highest BCUT2D eigenvalue weighted by atomic mass is 16.5. The van der Waals surface area contributed by atoms with Gasteiger partial charge in [0, 0.05) is 12.5 Å². The first-order valence-corrected chi connectivity index (χ1v) is 5.71. The third-order valence-corrected chi connectivity index (χ3v) is 3.05. The highest BCUT2D eigenvalue weighted by Gasteiger charge is 2.30. The van der Waals surface area contributed by atoms with Gasteiger partial charge in [-0.05, 0) is 43.0 Å². The Morgan fingerprint density at radius 3 is 2.38 bits per heavy atom.